The molecule has 0 aliphatic heterocycles. The van der Waals surface area contributed by atoms with Crippen molar-refractivity contribution in [2.24, 2.45) is 0 Å². The van der Waals surface area contributed by atoms with Crippen molar-refractivity contribution in [3.8, 4) is 0 Å². The molecule has 0 aliphatic carbocycles. The third-order valence-electron chi connectivity index (χ3n) is 2.69. The van der Waals surface area contributed by atoms with Crippen LogP contribution in [0.15, 0.2) is 18.2 Å². The molecule has 0 aromatic heterocycles. The van der Waals surface area contributed by atoms with Crippen LogP contribution in [0.4, 0.5) is 5.69 Å². The molecule has 0 heterocycles. The third-order valence-corrected chi connectivity index (χ3v) is 2.69. The van der Waals surface area contributed by atoms with Crippen molar-refractivity contribution >= 4 is 11.7 Å². The van der Waals surface area contributed by atoms with Gasteiger partial charge in [0.05, 0.1) is 5.56 Å². The van der Waals surface area contributed by atoms with Crippen molar-refractivity contribution < 1.29 is 9.53 Å². The van der Waals surface area contributed by atoms with Gasteiger partial charge in [-0.3, -0.25) is 0 Å². The molecule has 0 amide bonds. The number of nitrogens with two attached hydrogens (primary N) is 1. The molecule has 3 heteroatoms. The first-order valence-corrected chi connectivity index (χ1v) is 5.65. The summed E-state index contributed by atoms with van der Waals surface area (Å²) in [4.78, 5) is 11.8. The van der Waals surface area contributed by atoms with Crippen LogP contribution in [0.25, 0.3) is 0 Å². The molecular formula is C13H19NO2. The van der Waals surface area contributed by atoms with Crippen LogP contribution in [0, 0.1) is 6.92 Å². The number of hydrogen-bond acceptors (Lipinski definition) is 3. The number of anilines is 1. The van der Waals surface area contributed by atoms with E-state index in [0.29, 0.717) is 11.3 Å². The molecule has 1 rings (SSSR count). The predicted molar refractivity (Wildman–Crippen MR) is 65.4 cm³/mol. The summed E-state index contributed by atoms with van der Waals surface area (Å²) in [6.07, 6.45) is 1.69. The molecule has 0 bridgehead atoms. The number of carbonyl (C=O) groups is 1. The van der Waals surface area contributed by atoms with Gasteiger partial charge < -0.3 is 10.5 Å². The lowest BCUT2D eigenvalue weighted by Gasteiger charge is -2.14. The molecule has 1 aromatic carbocycles. The second-order valence-corrected chi connectivity index (χ2v) is 3.92. The zero-order valence-electron chi connectivity index (χ0n) is 10.1. The van der Waals surface area contributed by atoms with Gasteiger partial charge in [-0.1, -0.05) is 13.8 Å². The predicted octanol–water partition coefficient (Wildman–Crippen LogP) is 2.92. The van der Waals surface area contributed by atoms with Crippen molar-refractivity contribution in [3.63, 3.8) is 0 Å². The third kappa shape index (κ3) is 2.99. The van der Waals surface area contributed by atoms with Crippen LogP contribution >= 0.6 is 0 Å². The lowest BCUT2D eigenvalue weighted by molar-refractivity contribution is 0.0284. The van der Waals surface area contributed by atoms with Gasteiger partial charge in [-0.25, -0.2) is 4.79 Å². The molecule has 88 valence electrons. The number of nitrogen functional groups attached to an aromatic ring is 1. The maximum atomic E-state index is 11.8. The summed E-state index contributed by atoms with van der Waals surface area (Å²) >= 11 is 0. The second kappa shape index (κ2) is 5.54. The molecule has 0 atom stereocenters. The molecule has 0 aliphatic rings. The monoisotopic (exact) mass is 221 g/mol. The quantitative estimate of drug-likeness (QED) is 0.628. The van der Waals surface area contributed by atoms with Gasteiger partial charge in [-0.2, -0.15) is 0 Å². The van der Waals surface area contributed by atoms with Crippen molar-refractivity contribution in [3.05, 3.63) is 29.3 Å². The highest BCUT2D eigenvalue weighted by atomic mass is 16.5. The molecule has 0 saturated carbocycles. The van der Waals surface area contributed by atoms with Gasteiger partial charge in [0.2, 0.25) is 0 Å². The van der Waals surface area contributed by atoms with E-state index in [4.69, 9.17) is 10.5 Å². The van der Waals surface area contributed by atoms with E-state index in [1.54, 1.807) is 18.2 Å². The first-order chi connectivity index (χ1) is 7.58. The van der Waals surface area contributed by atoms with Gasteiger partial charge in [-0.15, -0.1) is 0 Å². The van der Waals surface area contributed by atoms with Crippen LogP contribution in [-0.4, -0.2) is 12.1 Å². The van der Waals surface area contributed by atoms with E-state index >= 15 is 0 Å². The molecule has 2 N–H and O–H groups in total. The normalized spacial score (nSPS) is 10.5. The lowest BCUT2D eigenvalue weighted by atomic mass is 10.1. The first kappa shape index (κ1) is 12.6. The van der Waals surface area contributed by atoms with E-state index in [1.807, 2.05) is 20.8 Å². The molecule has 0 spiro atoms. The van der Waals surface area contributed by atoms with Gasteiger partial charge >= 0.3 is 5.97 Å². The fraction of sp³-hybridized carbons (Fsp3) is 0.462. The molecule has 0 radical (unpaired) electrons. The minimum atomic E-state index is -0.267. The van der Waals surface area contributed by atoms with Gasteiger partial charge in [0.25, 0.3) is 0 Å². The Bertz CT molecular complexity index is 370. The zero-order valence-corrected chi connectivity index (χ0v) is 10.1. The minimum Gasteiger partial charge on any atom is -0.459 e. The summed E-state index contributed by atoms with van der Waals surface area (Å²) in [5, 5.41) is 0. The Morgan fingerprint density at radius 1 is 1.38 bits per heavy atom. The first-order valence-electron chi connectivity index (χ1n) is 5.65. The van der Waals surface area contributed by atoms with Crippen LogP contribution in [0.5, 0.6) is 0 Å². The topological polar surface area (TPSA) is 52.3 Å². The Morgan fingerprint density at radius 3 is 2.50 bits per heavy atom. The van der Waals surface area contributed by atoms with Gasteiger partial charge in [0.1, 0.15) is 6.10 Å². The molecule has 0 saturated heterocycles. The molecular weight excluding hydrogens is 202 g/mol. The standard InChI is InChI=1S/C13H19NO2/c1-4-11(5-2)16-13(15)10-6-7-12(14)9(3)8-10/h6-8,11H,4-5,14H2,1-3H3. The van der Waals surface area contributed by atoms with E-state index in [0.717, 1.165) is 18.4 Å². The Morgan fingerprint density at radius 2 is 2.00 bits per heavy atom. The average Bonchev–Trinajstić information content (AvgIpc) is 2.29. The van der Waals surface area contributed by atoms with Gasteiger partial charge in [0, 0.05) is 5.69 Å². The van der Waals surface area contributed by atoms with E-state index in [9.17, 15) is 4.79 Å². The number of carbonyl (C=O) groups excluding carboxylic acids is 1. The molecule has 1 aromatic rings. The summed E-state index contributed by atoms with van der Waals surface area (Å²) < 4.78 is 5.35. The van der Waals surface area contributed by atoms with E-state index in [-0.39, 0.29) is 12.1 Å². The number of esters is 1. The van der Waals surface area contributed by atoms with E-state index < -0.39 is 0 Å². The van der Waals surface area contributed by atoms with E-state index in [2.05, 4.69) is 0 Å². The molecule has 0 unspecified atom stereocenters. The summed E-state index contributed by atoms with van der Waals surface area (Å²) in [7, 11) is 0. The minimum absolute atomic E-state index is 0.00496. The fourth-order valence-electron chi connectivity index (χ4n) is 1.48. The van der Waals surface area contributed by atoms with Gasteiger partial charge in [0.15, 0.2) is 0 Å². The largest absolute Gasteiger partial charge is 0.459 e. The lowest BCUT2D eigenvalue weighted by Crippen LogP contribution is -2.16. The maximum absolute atomic E-state index is 11.8. The Balaban J connectivity index is 2.76. The van der Waals surface area contributed by atoms with Crippen LogP contribution in [-0.2, 0) is 4.74 Å². The Labute approximate surface area is 96.6 Å². The van der Waals surface area contributed by atoms with Crippen molar-refractivity contribution in [2.75, 3.05) is 5.73 Å². The Kier molecular flexibility index (Phi) is 4.35. The van der Waals surface area contributed by atoms with Crippen molar-refractivity contribution in [1.29, 1.82) is 0 Å². The smallest absolute Gasteiger partial charge is 0.338 e. The second-order valence-electron chi connectivity index (χ2n) is 3.92. The highest BCUT2D eigenvalue weighted by Gasteiger charge is 2.13. The summed E-state index contributed by atoms with van der Waals surface area (Å²) in [6.45, 7) is 5.90. The number of hydrogen-bond donors (Lipinski definition) is 1. The Hall–Kier alpha value is -1.51. The molecule has 3 nitrogen and oxygen atoms in total. The average molecular weight is 221 g/mol. The maximum Gasteiger partial charge on any atom is 0.338 e. The van der Waals surface area contributed by atoms with Gasteiger partial charge in [-0.05, 0) is 43.5 Å². The molecule has 0 fully saturated rings. The van der Waals surface area contributed by atoms with Crippen LogP contribution < -0.4 is 5.73 Å². The number of rotatable bonds is 4. The number of benzene rings is 1. The zero-order chi connectivity index (χ0) is 12.1. The van der Waals surface area contributed by atoms with Crippen LogP contribution in [0.1, 0.15) is 42.6 Å². The summed E-state index contributed by atoms with van der Waals surface area (Å²) in [5.41, 5.74) is 7.85. The van der Waals surface area contributed by atoms with Crippen molar-refractivity contribution in [1.82, 2.24) is 0 Å². The highest BCUT2D eigenvalue weighted by molar-refractivity contribution is 5.90. The highest BCUT2D eigenvalue weighted by Crippen LogP contribution is 2.15. The van der Waals surface area contributed by atoms with Crippen LogP contribution in [0.3, 0.4) is 0 Å². The summed E-state index contributed by atoms with van der Waals surface area (Å²) in [5.74, 6) is -0.267. The summed E-state index contributed by atoms with van der Waals surface area (Å²) in [6, 6.07) is 5.20. The van der Waals surface area contributed by atoms with Crippen LogP contribution in [0.2, 0.25) is 0 Å². The number of ether oxygens (including phenoxy) is 1. The molecule has 16 heavy (non-hydrogen) atoms. The number of aryl methyl sites for hydroxylation is 1. The van der Waals surface area contributed by atoms with E-state index in [1.165, 1.54) is 0 Å². The van der Waals surface area contributed by atoms with Crippen molar-refractivity contribution in [2.45, 2.75) is 39.7 Å². The SMILES string of the molecule is CCC(CC)OC(=O)c1ccc(N)c(C)c1. The fourth-order valence-corrected chi connectivity index (χ4v) is 1.48.